The van der Waals surface area contributed by atoms with Crippen LogP contribution in [0.3, 0.4) is 0 Å². The summed E-state index contributed by atoms with van der Waals surface area (Å²) in [6.45, 7) is 4.67. The van der Waals surface area contributed by atoms with E-state index >= 15 is 0 Å². The van der Waals surface area contributed by atoms with Crippen LogP contribution in [-0.4, -0.2) is 55.5 Å². The lowest BCUT2D eigenvalue weighted by Gasteiger charge is -2.24. The SMILES string of the molecule is O=C(CCN(C(=O)c1ccoc1)C1CC1)NCC[NH+]1CCCCC1. The minimum absolute atomic E-state index is 0.0307. The molecule has 1 aromatic heterocycles. The molecule has 0 spiro atoms. The van der Waals surface area contributed by atoms with Crippen molar-refractivity contribution in [2.45, 2.75) is 44.6 Å². The zero-order valence-corrected chi connectivity index (χ0v) is 14.3. The summed E-state index contributed by atoms with van der Waals surface area (Å²) in [5, 5.41) is 3.00. The van der Waals surface area contributed by atoms with E-state index in [-0.39, 0.29) is 17.9 Å². The first-order chi connectivity index (χ1) is 11.7. The fourth-order valence-corrected chi connectivity index (χ4v) is 3.38. The molecule has 1 saturated heterocycles. The molecule has 0 atom stereocenters. The van der Waals surface area contributed by atoms with Gasteiger partial charge in [-0.3, -0.25) is 9.59 Å². The van der Waals surface area contributed by atoms with Gasteiger partial charge in [-0.25, -0.2) is 0 Å². The van der Waals surface area contributed by atoms with Crippen molar-refractivity contribution in [2.24, 2.45) is 0 Å². The van der Waals surface area contributed by atoms with E-state index in [0.717, 1.165) is 25.9 Å². The van der Waals surface area contributed by atoms with Gasteiger partial charge < -0.3 is 19.5 Å². The van der Waals surface area contributed by atoms with Crippen LogP contribution >= 0.6 is 0 Å². The molecular formula is C18H28N3O3+. The van der Waals surface area contributed by atoms with Gasteiger partial charge in [0.05, 0.1) is 38.0 Å². The highest BCUT2D eigenvalue weighted by molar-refractivity contribution is 5.94. The van der Waals surface area contributed by atoms with Gasteiger partial charge in [0.1, 0.15) is 6.26 Å². The standard InChI is InChI=1S/C18H27N3O3/c22-17(19-8-12-20-9-2-1-3-10-20)6-11-21(16-4-5-16)18(23)15-7-13-24-14-15/h7,13-14,16H,1-6,8-12H2,(H,19,22)/p+1. The van der Waals surface area contributed by atoms with E-state index in [1.165, 1.54) is 44.9 Å². The number of quaternary nitrogens is 1. The number of nitrogens with one attached hydrogen (secondary N) is 2. The molecular weight excluding hydrogens is 306 g/mol. The fraction of sp³-hybridized carbons (Fsp3) is 0.667. The number of likely N-dealkylation sites (tertiary alicyclic amines) is 1. The molecule has 0 aromatic carbocycles. The van der Waals surface area contributed by atoms with E-state index < -0.39 is 0 Å². The van der Waals surface area contributed by atoms with Crippen molar-refractivity contribution in [1.29, 1.82) is 0 Å². The quantitative estimate of drug-likeness (QED) is 0.726. The van der Waals surface area contributed by atoms with Gasteiger partial charge in [-0.2, -0.15) is 0 Å². The number of carbonyl (C=O) groups excluding carboxylic acids is 2. The minimum Gasteiger partial charge on any atom is -0.472 e. The second-order valence-corrected chi connectivity index (χ2v) is 6.90. The summed E-state index contributed by atoms with van der Waals surface area (Å²) in [5.74, 6) is 0.00821. The number of carbonyl (C=O) groups is 2. The topological polar surface area (TPSA) is 67.0 Å². The maximum absolute atomic E-state index is 12.5. The lowest BCUT2D eigenvalue weighted by Crippen LogP contribution is -3.13. The second kappa shape index (κ2) is 8.33. The number of hydrogen-bond acceptors (Lipinski definition) is 3. The number of nitrogens with zero attached hydrogens (tertiary/aromatic N) is 1. The molecule has 6 heteroatoms. The number of piperidine rings is 1. The van der Waals surface area contributed by atoms with E-state index in [0.29, 0.717) is 18.5 Å². The Labute approximate surface area is 143 Å². The number of rotatable bonds is 8. The highest BCUT2D eigenvalue weighted by Gasteiger charge is 2.33. The summed E-state index contributed by atoms with van der Waals surface area (Å²) in [6.07, 6.45) is 9.36. The van der Waals surface area contributed by atoms with E-state index in [1.807, 2.05) is 4.90 Å². The Morgan fingerprint density at radius 3 is 2.71 bits per heavy atom. The maximum Gasteiger partial charge on any atom is 0.257 e. The van der Waals surface area contributed by atoms with Crippen LogP contribution < -0.4 is 10.2 Å². The highest BCUT2D eigenvalue weighted by Crippen LogP contribution is 2.28. The van der Waals surface area contributed by atoms with Crippen molar-refractivity contribution in [1.82, 2.24) is 10.2 Å². The maximum atomic E-state index is 12.5. The molecule has 0 unspecified atom stereocenters. The van der Waals surface area contributed by atoms with Crippen LogP contribution in [0.5, 0.6) is 0 Å². The molecule has 2 fully saturated rings. The third-order valence-electron chi connectivity index (χ3n) is 4.96. The molecule has 2 aliphatic rings. The van der Waals surface area contributed by atoms with Crippen molar-refractivity contribution in [3.8, 4) is 0 Å². The monoisotopic (exact) mass is 334 g/mol. The normalized spacial score (nSPS) is 18.3. The van der Waals surface area contributed by atoms with Crippen LogP contribution in [0.2, 0.25) is 0 Å². The number of amides is 2. The summed E-state index contributed by atoms with van der Waals surface area (Å²) in [6, 6.07) is 1.97. The van der Waals surface area contributed by atoms with Crippen molar-refractivity contribution in [2.75, 3.05) is 32.7 Å². The van der Waals surface area contributed by atoms with Crippen molar-refractivity contribution >= 4 is 11.8 Å². The van der Waals surface area contributed by atoms with Crippen molar-refractivity contribution in [3.63, 3.8) is 0 Å². The first-order valence-corrected chi connectivity index (χ1v) is 9.17. The average molecular weight is 334 g/mol. The van der Waals surface area contributed by atoms with Crippen LogP contribution in [0.4, 0.5) is 0 Å². The molecule has 2 heterocycles. The molecule has 24 heavy (non-hydrogen) atoms. The summed E-state index contributed by atoms with van der Waals surface area (Å²) >= 11 is 0. The smallest absolute Gasteiger partial charge is 0.257 e. The van der Waals surface area contributed by atoms with Crippen LogP contribution in [0, 0.1) is 0 Å². The Morgan fingerprint density at radius 2 is 2.04 bits per heavy atom. The molecule has 1 aliphatic carbocycles. The van der Waals surface area contributed by atoms with Crippen LogP contribution in [-0.2, 0) is 4.79 Å². The predicted molar refractivity (Wildman–Crippen MR) is 89.8 cm³/mol. The third-order valence-corrected chi connectivity index (χ3v) is 4.96. The predicted octanol–water partition coefficient (Wildman–Crippen LogP) is 0.459. The Kier molecular flexibility index (Phi) is 5.91. The zero-order valence-electron chi connectivity index (χ0n) is 14.3. The van der Waals surface area contributed by atoms with Gasteiger partial charge in [0.25, 0.3) is 5.91 Å². The molecule has 2 N–H and O–H groups in total. The van der Waals surface area contributed by atoms with Crippen molar-refractivity contribution < 1.29 is 18.9 Å². The molecule has 6 nitrogen and oxygen atoms in total. The summed E-state index contributed by atoms with van der Waals surface area (Å²) < 4.78 is 4.99. The molecule has 0 radical (unpaired) electrons. The van der Waals surface area contributed by atoms with E-state index in [9.17, 15) is 9.59 Å². The lowest BCUT2D eigenvalue weighted by atomic mass is 10.1. The first-order valence-electron chi connectivity index (χ1n) is 9.17. The molecule has 1 aliphatic heterocycles. The van der Waals surface area contributed by atoms with Crippen LogP contribution in [0.25, 0.3) is 0 Å². The summed E-state index contributed by atoms with van der Waals surface area (Å²) in [5.41, 5.74) is 0.566. The van der Waals surface area contributed by atoms with E-state index in [2.05, 4.69) is 5.32 Å². The van der Waals surface area contributed by atoms with Gasteiger partial charge in [0.15, 0.2) is 0 Å². The first kappa shape index (κ1) is 17.0. The Balaban J connectivity index is 1.38. The zero-order chi connectivity index (χ0) is 16.8. The van der Waals surface area contributed by atoms with Crippen molar-refractivity contribution in [3.05, 3.63) is 24.2 Å². The molecule has 1 aromatic rings. The minimum atomic E-state index is -0.0307. The molecule has 0 bridgehead atoms. The van der Waals surface area contributed by atoms with Gasteiger partial charge in [-0.1, -0.05) is 0 Å². The lowest BCUT2D eigenvalue weighted by molar-refractivity contribution is -0.903. The van der Waals surface area contributed by atoms with E-state index in [1.54, 1.807) is 11.0 Å². The molecule has 2 amide bonds. The Bertz CT molecular complexity index is 534. The third kappa shape index (κ3) is 4.84. The van der Waals surface area contributed by atoms with Gasteiger partial charge in [-0.15, -0.1) is 0 Å². The number of hydrogen-bond donors (Lipinski definition) is 2. The van der Waals surface area contributed by atoms with Gasteiger partial charge in [-0.05, 0) is 38.2 Å². The highest BCUT2D eigenvalue weighted by atomic mass is 16.3. The van der Waals surface area contributed by atoms with Crippen LogP contribution in [0.15, 0.2) is 23.0 Å². The van der Waals surface area contributed by atoms with Crippen LogP contribution in [0.1, 0.15) is 48.9 Å². The summed E-state index contributed by atoms with van der Waals surface area (Å²) in [4.78, 5) is 27.9. The average Bonchev–Trinajstić information content (AvgIpc) is 3.28. The van der Waals surface area contributed by atoms with Gasteiger partial charge >= 0.3 is 0 Å². The fourth-order valence-electron chi connectivity index (χ4n) is 3.38. The summed E-state index contributed by atoms with van der Waals surface area (Å²) in [7, 11) is 0. The number of furan rings is 1. The Morgan fingerprint density at radius 1 is 1.25 bits per heavy atom. The largest absolute Gasteiger partial charge is 0.472 e. The second-order valence-electron chi connectivity index (χ2n) is 6.90. The molecule has 3 rings (SSSR count). The van der Waals surface area contributed by atoms with Gasteiger partial charge in [0, 0.05) is 19.0 Å². The van der Waals surface area contributed by atoms with Gasteiger partial charge in [0.2, 0.25) is 5.91 Å². The Hall–Kier alpha value is -1.82. The molecule has 132 valence electrons. The molecule has 1 saturated carbocycles. The van der Waals surface area contributed by atoms with E-state index in [4.69, 9.17) is 4.42 Å².